The molecule has 0 aliphatic heterocycles. The molecule has 0 aliphatic rings. The van der Waals surface area contributed by atoms with Crippen molar-refractivity contribution in [1.29, 1.82) is 5.26 Å². The maximum absolute atomic E-state index is 13.2. The van der Waals surface area contributed by atoms with E-state index in [9.17, 15) is 4.39 Å². The van der Waals surface area contributed by atoms with Crippen molar-refractivity contribution in [2.45, 2.75) is 6.54 Å². The van der Waals surface area contributed by atoms with Crippen LogP contribution < -0.4 is 10.1 Å². The molecule has 0 saturated carbocycles. The average molecular weight is 291 g/mol. The molecule has 1 N–H and O–H groups in total. The molecular formula is C15H12ClFN2O. The molecular weight excluding hydrogens is 279 g/mol. The predicted octanol–water partition coefficient (Wildman–Crippen LogP) is 3.97. The smallest absolute Gasteiger partial charge is 0.143 e. The van der Waals surface area contributed by atoms with Gasteiger partial charge in [-0.1, -0.05) is 11.6 Å². The largest absolute Gasteiger partial charge is 0.495 e. The van der Waals surface area contributed by atoms with Crippen molar-refractivity contribution in [2.24, 2.45) is 0 Å². The van der Waals surface area contributed by atoms with Crippen LogP contribution in [-0.4, -0.2) is 7.11 Å². The number of benzene rings is 2. The van der Waals surface area contributed by atoms with Gasteiger partial charge in [0, 0.05) is 17.6 Å². The van der Waals surface area contributed by atoms with Crippen molar-refractivity contribution in [3.05, 3.63) is 58.4 Å². The van der Waals surface area contributed by atoms with Gasteiger partial charge in [-0.05, 0) is 35.9 Å². The molecule has 0 bridgehead atoms. The van der Waals surface area contributed by atoms with E-state index < -0.39 is 0 Å². The summed E-state index contributed by atoms with van der Waals surface area (Å²) in [5.74, 6) is 0.217. The molecule has 0 spiro atoms. The van der Waals surface area contributed by atoms with Gasteiger partial charge >= 0.3 is 0 Å². The number of hydrogen-bond acceptors (Lipinski definition) is 3. The third-order valence-corrected chi connectivity index (χ3v) is 3.18. The van der Waals surface area contributed by atoms with Crippen LogP contribution in [0.25, 0.3) is 0 Å². The van der Waals surface area contributed by atoms with Crippen LogP contribution in [0.3, 0.4) is 0 Å². The number of ether oxygens (including phenoxy) is 1. The van der Waals surface area contributed by atoms with E-state index in [1.807, 2.05) is 6.07 Å². The maximum Gasteiger partial charge on any atom is 0.143 e. The molecule has 2 aromatic rings. The summed E-state index contributed by atoms with van der Waals surface area (Å²) in [4.78, 5) is 0. The number of rotatable bonds is 4. The number of hydrogen-bond donors (Lipinski definition) is 1. The first-order chi connectivity index (χ1) is 9.63. The van der Waals surface area contributed by atoms with Gasteiger partial charge in [-0.25, -0.2) is 4.39 Å². The van der Waals surface area contributed by atoms with Gasteiger partial charge in [0.05, 0.1) is 24.4 Å². The maximum atomic E-state index is 13.2. The highest BCUT2D eigenvalue weighted by atomic mass is 35.5. The van der Waals surface area contributed by atoms with Crippen molar-refractivity contribution in [3.63, 3.8) is 0 Å². The molecule has 0 amide bonds. The molecule has 3 nitrogen and oxygen atoms in total. The van der Waals surface area contributed by atoms with Crippen molar-refractivity contribution in [2.75, 3.05) is 12.4 Å². The topological polar surface area (TPSA) is 45.0 Å². The van der Waals surface area contributed by atoms with E-state index in [4.69, 9.17) is 21.6 Å². The Hall–Kier alpha value is -2.25. The quantitative estimate of drug-likeness (QED) is 0.926. The van der Waals surface area contributed by atoms with Crippen LogP contribution in [0.2, 0.25) is 5.02 Å². The van der Waals surface area contributed by atoms with Gasteiger partial charge in [0.15, 0.2) is 0 Å². The predicted molar refractivity (Wildman–Crippen MR) is 76.4 cm³/mol. The number of nitrogens with zero attached hydrogens (tertiary/aromatic N) is 1. The molecule has 0 heterocycles. The zero-order valence-corrected chi connectivity index (χ0v) is 11.5. The SMILES string of the molecule is COc1cc(C#N)ccc1NCc1cc(F)ccc1Cl. The Bertz CT molecular complexity index is 667. The molecule has 0 radical (unpaired) electrons. The summed E-state index contributed by atoms with van der Waals surface area (Å²) in [6.07, 6.45) is 0. The number of halogens is 2. The van der Waals surface area contributed by atoms with E-state index >= 15 is 0 Å². The van der Waals surface area contributed by atoms with Crippen LogP contribution in [0, 0.1) is 17.1 Å². The average Bonchev–Trinajstić information content (AvgIpc) is 2.48. The van der Waals surface area contributed by atoms with Gasteiger partial charge < -0.3 is 10.1 Å². The molecule has 0 saturated heterocycles. The van der Waals surface area contributed by atoms with Crippen molar-refractivity contribution in [3.8, 4) is 11.8 Å². The molecule has 5 heteroatoms. The minimum atomic E-state index is -0.335. The minimum absolute atomic E-state index is 0.335. The van der Waals surface area contributed by atoms with Crippen LogP contribution in [0.15, 0.2) is 36.4 Å². The molecule has 0 unspecified atom stereocenters. The van der Waals surface area contributed by atoms with Crippen LogP contribution in [0.1, 0.15) is 11.1 Å². The van der Waals surface area contributed by atoms with Crippen LogP contribution >= 0.6 is 11.6 Å². The molecule has 2 aromatic carbocycles. The first-order valence-electron chi connectivity index (χ1n) is 5.90. The molecule has 0 atom stereocenters. The summed E-state index contributed by atoms with van der Waals surface area (Å²) >= 11 is 6.00. The molecule has 2 rings (SSSR count). The number of anilines is 1. The van der Waals surface area contributed by atoms with E-state index in [1.54, 1.807) is 18.2 Å². The van der Waals surface area contributed by atoms with Gasteiger partial charge in [-0.3, -0.25) is 0 Å². The van der Waals surface area contributed by atoms with Crippen molar-refractivity contribution >= 4 is 17.3 Å². The Kier molecular flexibility index (Phi) is 4.44. The van der Waals surface area contributed by atoms with E-state index in [-0.39, 0.29) is 5.82 Å². The summed E-state index contributed by atoms with van der Waals surface area (Å²) in [6, 6.07) is 11.3. The molecule has 0 fully saturated rings. The molecule has 0 aromatic heterocycles. The Balaban J connectivity index is 2.19. The van der Waals surface area contributed by atoms with Crippen molar-refractivity contribution in [1.82, 2.24) is 0 Å². The highest BCUT2D eigenvalue weighted by molar-refractivity contribution is 6.31. The first kappa shape index (κ1) is 14.2. The molecule has 102 valence electrons. The van der Waals surface area contributed by atoms with Crippen molar-refractivity contribution < 1.29 is 9.13 Å². The Morgan fingerprint density at radius 3 is 2.80 bits per heavy atom. The van der Waals surface area contributed by atoms with E-state index in [0.29, 0.717) is 34.1 Å². The highest BCUT2D eigenvalue weighted by Gasteiger charge is 2.06. The lowest BCUT2D eigenvalue weighted by atomic mass is 10.2. The fraction of sp³-hybridized carbons (Fsp3) is 0.133. The minimum Gasteiger partial charge on any atom is -0.495 e. The summed E-state index contributed by atoms with van der Waals surface area (Å²) < 4.78 is 18.4. The lowest BCUT2D eigenvalue weighted by molar-refractivity contribution is 0.416. The fourth-order valence-corrected chi connectivity index (χ4v) is 1.96. The van der Waals surface area contributed by atoms with Gasteiger partial charge in [0.1, 0.15) is 11.6 Å². The van der Waals surface area contributed by atoms with Crippen LogP contribution in [-0.2, 0) is 6.54 Å². The zero-order valence-electron chi connectivity index (χ0n) is 10.8. The summed E-state index contributed by atoms with van der Waals surface area (Å²) in [5.41, 5.74) is 1.88. The third kappa shape index (κ3) is 3.19. The standard InChI is InChI=1S/C15H12ClFN2O/c1-20-15-6-10(8-18)2-5-14(15)19-9-11-7-12(17)3-4-13(11)16/h2-7,19H,9H2,1H3. The summed E-state index contributed by atoms with van der Waals surface area (Å²) in [5, 5.41) is 12.4. The van der Waals surface area contributed by atoms with Gasteiger partial charge in [-0.15, -0.1) is 0 Å². The van der Waals surface area contributed by atoms with Gasteiger partial charge in [0.2, 0.25) is 0 Å². The van der Waals surface area contributed by atoms with E-state index in [0.717, 1.165) is 0 Å². The molecule has 20 heavy (non-hydrogen) atoms. The van der Waals surface area contributed by atoms with Gasteiger partial charge in [0.25, 0.3) is 0 Å². The second-order valence-corrected chi connectivity index (χ2v) is 4.52. The Morgan fingerprint density at radius 1 is 1.30 bits per heavy atom. The lowest BCUT2D eigenvalue weighted by Gasteiger charge is -2.12. The Morgan fingerprint density at radius 2 is 2.10 bits per heavy atom. The highest BCUT2D eigenvalue weighted by Crippen LogP contribution is 2.27. The van der Waals surface area contributed by atoms with Gasteiger partial charge in [-0.2, -0.15) is 5.26 Å². The number of nitrogens with one attached hydrogen (secondary N) is 1. The second kappa shape index (κ2) is 6.27. The summed E-state index contributed by atoms with van der Waals surface area (Å²) in [7, 11) is 1.52. The lowest BCUT2D eigenvalue weighted by Crippen LogP contribution is -2.02. The fourth-order valence-electron chi connectivity index (χ4n) is 1.78. The Labute approximate surface area is 121 Å². The monoisotopic (exact) mass is 290 g/mol. The van der Waals surface area contributed by atoms with E-state index in [2.05, 4.69) is 5.32 Å². The number of nitriles is 1. The van der Waals surface area contributed by atoms with E-state index in [1.165, 1.54) is 25.3 Å². The third-order valence-electron chi connectivity index (χ3n) is 2.81. The van der Waals surface area contributed by atoms with Crippen LogP contribution in [0.4, 0.5) is 10.1 Å². The number of methoxy groups -OCH3 is 1. The summed E-state index contributed by atoms with van der Waals surface area (Å²) in [6.45, 7) is 0.360. The molecule has 0 aliphatic carbocycles. The second-order valence-electron chi connectivity index (χ2n) is 4.12. The van der Waals surface area contributed by atoms with Crippen LogP contribution in [0.5, 0.6) is 5.75 Å². The zero-order chi connectivity index (χ0) is 14.5. The first-order valence-corrected chi connectivity index (χ1v) is 6.28. The normalized spacial score (nSPS) is 9.90.